The molecule has 0 saturated carbocycles. The Morgan fingerprint density at radius 3 is 1.16 bits per heavy atom. The van der Waals surface area contributed by atoms with Crippen molar-refractivity contribution in [1.82, 2.24) is 0 Å². The quantitative estimate of drug-likeness (QED) is 0.318. The summed E-state index contributed by atoms with van der Waals surface area (Å²) < 4.78 is 0. The van der Waals surface area contributed by atoms with Gasteiger partial charge in [-0.15, -0.1) is 0 Å². The maximum atomic E-state index is 8.82. The predicted molar refractivity (Wildman–Crippen MR) is 84.1 cm³/mol. The fourth-order valence-electron chi connectivity index (χ4n) is 2.34. The smallest absolute Gasteiger partial charge is 0.193 e. The van der Waals surface area contributed by atoms with Gasteiger partial charge >= 0.3 is 7.94 Å². The summed E-state index contributed by atoms with van der Waals surface area (Å²) in [5.41, 5.74) is 0. The summed E-state index contributed by atoms with van der Waals surface area (Å²) >= 11 is 0. The molecule has 0 bridgehead atoms. The molecule has 0 rings (SSSR count). The summed E-state index contributed by atoms with van der Waals surface area (Å²) in [5, 5.41) is 0. The topological polar surface area (TPSA) is 60.7 Å². The maximum absolute atomic E-state index is 8.82. The third-order valence-corrected chi connectivity index (χ3v) is 4.48. The van der Waals surface area contributed by atoms with Crippen LogP contribution in [0.15, 0.2) is 0 Å². The van der Waals surface area contributed by atoms with E-state index in [0.29, 0.717) is 0 Å². The van der Waals surface area contributed by atoms with Gasteiger partial charge < -0.3 is 0 Å². The van der Waals surface area contributed by atoms with Crippen molar-refractivity contribution in [2.24, 2.45) is 0 Å². The molecule has 0 aromatic rings. The lowest BCUT2D eigenvalue weighted by Gasteiger charge is -2.04. The van der Waals surface area contributed by atoms with Crippen molar-refractivity contribution in [1.29, 1.82) is 0 Å². The van der Waals surface area contributed by atoms with Gasteiger partial charge in [0.15, 0.2) is 0 Å². The molecule has 3 nitrogen and oxygen atoms in total. The molecule has 116 valence electrons. The highest BCUT2D eigenvalue weighted by Gasteiger charge is 2.27. The molecule has 0 unspecified atom stereocenters. The summed E-state index contributed by atoms with van der Waals surface area (Å²) in [5.74, 6) is 0. The lowest BCUT2D eigenvalue weighted by Crippen LogP contribution is -1.95. The Kier molecular flexibility index (Phi) is 13.5. The van der Waals surface area contributed by atoms with Gasteiger partial charge in [-0.25, -0.2) is 0 Å². The van der Waals surface area contributed by atoms with E-state index < -0.39 is 7.94 Å². The van der Waals surface area contributed by atoms with Crippen LogP contribution in [0.2, 0.25) is 0 Å². The Balaban J connectivity index is 2.99. The van der Waals surface area contributed by atoms with E-state index in [1.165, 1.54) is 64.2 Å². The zero-order valence-electron chi connectivity index (χ0n) is 12.7. The summed E-state index contributed by atoms with van der Waals surface area (Å²) in [7, 11) is -3.50. The first-order chi connectivity index (χ1) is 9.06. The van der Waals surface area contributed by atoms with Crippen LogP contribution in [-0.2, 0) is 0 Å². The molecule has 0 aromatic carbocycles. The number of rotatable bonds is 14. The van der Waals surface area contributed by atoms with Gasteiger partial charge in [0.25, 0.3) is 0 Å². The van der Waals surface area contributed by atoms with Crippen molar-refractivity contribution in [3.05, 3.63) is 0 Å². The number of hydrogen-bond donors (Lipinski definition) is 3. The van der Waals surface area contributed by atoms with Gasteiger partial charge in [0.2, 0.25) is 0 Å². The van der Waals surface area contributed by atoms with Crippen LogP contribution in [0, 0.1) is 0 Å². The highest BCUT2D eigenvalue weighted by atomic mass is 31.2. The van der Waals surface area contributed by atoms with Gasteiger partial charge in [0, 0.05) is 0 Å². The van der Waals surface area contributed by atoms with Crippen LogP contribution in [0.5, 0.6) is 0 Å². The molecule has 0 aliphatic heterocycles. The molecule has 0 amide bonds. The average molecular weight is 293 g/mol. The summed E-state index contributed by atoms with van der Waals surface area (Å²) in [6.45, 7) is 2.25. The molecule has 0 saturated heterocycles. The summed E-state index contributed by atoms with van der Waals surface area (Å²) in [6.07, 6.45) is 16.6. The van der Waals surface area contributed by atoms with E-state index in [-0.39, 0.29) is 6.16 Å². The minimum absolute atomic E-state index is 0.171. The molecule has 0 aliphatic carbocycles. The Hall–Kier alpha value is 0.310. The molecular weight excluding hydrogens is 259 g/mol. The van der Waals surface area contributed by atoms with Crippen LogP contribution in [-0.4, -0.2) is 20.8 Å². The number of hydrogen-bond acceptors (Lipinski definition) is 3. The molecule has 0 atom stereocenters. The monoisotopic (exact) mass is 293 g/mol. The fraction of sp³-hybridized carbons (Fsp3) is 1.00. The van der Waals surface area contributed by atoms with Gasteiger partial charge in [-0.05, 0) is 12.8 Å². The van der Waals surface area contributed by atoms with Gasteiger partial charge in [-0.1, -0.05) is 77.6 Å². The van der Waals surface area contributed by atoms with E-state index >= 15 is 0 Å². The van der Waals surface area contributed by atoms with Crippen molar-refractivity contribution in [3.63, 3.8) is 0 Å². The van der Waals surface area contributed by atoms with Crippen LogP contribution in [0.1, 0.15) is 90.4 Å². The Morgan fingerprint density at radius 1 is 0.526 bits per heavy atom. The third-order valence-electron chi connectivity index (χ3n) is 3.56. The fourth-order valence-corrected chi connectivity index (χ4v) is 2.99. The van der Waals surface area contributed by atoms with Crippen LogP contribution in [0.3, 0.4) is 0 Å². The molecule has 0 spiro atoms. The van der Waals surface area contributed by atoms with Crippen LogP contribution in [0.25, 0.3) is 0 Å². The van der Waals surface area contributed by atoms with Gasteiger partial charge in [-0.2, -0.15) is 14.7 Å². The normalized spacial score (nSPS) is 12.0. The standard InChI is InChI=1S/C15H34O3P/c1-2-3-4-5-6-7-8-9-10-11-12-13-14-15-19(16,17)18/h16-18H,2-15H2,1H3/q+1. The van der Waals surface area contributed by atoms with Crippen LogP contribution >= 0.6 is 7.94 Å². The minimum Gasteiger partial charge on any atom is -0.193 e. The van der Waals surface area contributed by atoms with Crippen LogP contribution < -0.4 is 0 Å². The van der Waals surface area contributed by atoms with E-state index in [1.807, 2.05) is 0 Å². The van der Waals surface area contributed by atoms with E-state index in [1.54, 1.807) is 0 Å². The molecule has 4 heteroatoms. The van der Waals surface area contributed by atoms with Gasteiger partial charge in [0.1, 0.15) is 6.16 Å². The second-order valence-electron chi connectivity index (χ2n) is 5.66. The van der Waals surface area contributed by atoms with Gasteiger partial charge in [-0.3, -0.25) is 0 Å². The summed E-state index contributed by atoms with van der Waals surface area (Å²) in [4.78, 5) is 26.5. The van der Waals surface area contributed by atoms with E-state index in [2.05, 4.69) is 6.92 Å². The lowest BCUT2D eigenvalue weighted by atomic mass is 10.1. The Labute approximate surface area is 120 Å². The molecule has 0 aromatic heterocycles. The molecular formula is C15H34O3P+. The highest BCUT2D eigenvalue weighted by Crippen LogP contribution is 2.45. The second-order valence-corrected chi connectivity index (χ2v) is 7.49. The molecule has 3 N–H and O–H groups in total. The molecule has 0 aliphatic rings. The van der Waals surface area contributed by atoms with Crippen molar-refractivity contribution in [2.75, 3.05) is 6.16 Å². The Morgan fingerprint density at radius 2 is 0.842 bits per heavy atom. The maximum Gasteiger partial charge on any atom is 0.403 e. The highest BCUT2D eigenvalue weighted by molar-refractivity contribution is 7.58. The Bertz CT molecular complexity index is 181. The lowest BCUT2D eigenvalue weighted by molar-refractivity contribution is 0.328. The van der Waals surface area contributed by atoms with Crippen molar-refractivity contribution >= 4 is 7.94 Å². The minimum atomic E-state index is -3.50. The zero-order chi connectivity index (χ0) is 14.4. The first kappa shape index (κ1) is 19.3. The van der Waals surface area contributed by atoms with Crippen molar-refractivity contribution in [3.8, 4) is 0 Å². The first-order valence-corrected chi connectivity index (χ1v) is 9.96. The van der Waals surface area contributed by atoms with Crippen LogP contribution in [0.4, 0.5) is 0 Å². The van der Waals surface area contributed by atoms with E-state index in [0.717, 1.165) is 19.3 Å². The average Bonchev–Trinajstić information content (AvgIpc) is 2.34. The largest absolute Gasteiger partial charge is 0.403 e. The summed E-state index contributed by atoms with van der Waals surface area (Å²) in [6, 6.07) is 0. The van der Waals surface area contributed by atoms with E-state index in [9.17, 15) is 0 Å². The molecule has 0 radical (unpaired) electrons. The first-order valence-electron chi connectivity index (χ1n) is 8.12. The molecule has 0 fully saturated rings. The molecule has 19 heavy (non-hydrogen) atoms. The van der Waals surface area contributed by atoms with Crippen molar-refractivity contribution < 1.29 is 14.7 Å². The SMILES string of the molecule is CCCCCCCCCCCCCCC[P+](O)(O)O. The van der Waals surface area contributed by atoms with Gasteiger partial charge in [0.05, 0.1) is 0 Å². The van der Waals surface area contributed by atoms with E-state index in [4.69, 9.17) is 14.7 Å². The van der Waals surface area contributed by atoms with Crippen molar-refractivity contribution in [2.45, 2.75) is 90.4 Å². The molecule has 0 heterocycles. The predicted octanol–water partition coefficient (Wildman–Crippen LogP) is 4.82. The number of unbranched alkanes of at least 4 members (excludes halogenated alkanes) is 12. The zero-order valence-corrected chi connectivity index (χ0v) is 13.6. The third kappa shape index (κ3) is 18.3. The second kappa shape index (κ2) is 13.3.